The van der Waals surface area contributed by atoms with Gasteiger partial charge in [-0.2, -0.15) is 0 Å². The number of carboxylic acids is 1. The van der Waals surface area contributed by atoms with Crippen molar-refractivity contribution in [3.05, 3.63) is 28.2 Å². The summed E-state index contributed by atoms with van der Waals surface area (Å²) in [5.41, 5.74) is -1.75. The predicted molar refractivity (Wildman–Crippen MR) is 80.4 cm³/mol. The van der Waals surface area contributed by atoms with Crippen LogP contribution in [0, 0.1) is 0 Å². The Labute approximate surface area is 137 Å². The van der Waals surface area contributed by atoms with E-state index in [1.165, 1.54) is 11.0 Å². The lowest BCUT2D eigenvalue weighted by Crippen LogP contribution is -2.51. The van der Waals surface area contributed by atoms with Crippen LogP contribution in [0.15, 0.2) is 18.2 Å². The van der Waals surface area contributed by atoms with Crippen LogP contribution < -0.4 is 4.74 Å². The van der Waals surface area contributed by atoms with Gasteiger partial charge in [-0.3, -0.25) is 4.79 Å². The van der Waals surface area contributed by atoms with Gasteiger partial charge in [0, 0.05) is 32.0 Å². The average Bonchev–Trinajstić information content (AvgIpc) is 2.49. The Bertz CT molecular complexity index is 585. The number of rotatable bonds is 4. The van der Waals surface area contributed by atoms with Crippen LogP contribution in [0.3, 0.4) is 0 Å². The van der Waals surface area contributed by atoms with Gasteiger partial charge in [0.25, 0.3) is 5.91 Å². The molecule has 6 nitrogen and oxygen atoms in total. The molecule has 8 heteroatoms. The SMILES string of the molecule is O=C(COc1ccc(Cl)c(Cl)c1)N1CCC(O)(C(=O)O)CC1. The minimum atomic E-state index is -1.75. The van der Waals surface area contributed by atoms with Crippen LogP contribution in [0.25, 0.3) is 0 Å². The smallest absolute Gasteiger partial charge is 0.335 e. The standard InChI is InChI=1S/C14H15Cl2NO5/c15-10-2-1-9(7-11(10)16)22-8-12(18)17-5-3-14(21,4-6-17)13(19)20/h1-2,7,21H,3-6,8H2,(H,19,20). The Morgan fingerprint density at radius 2 is 1.86 bits per heavy atom. The molecular weight excluding hydrogens is 333 g/mol. The number of carbonyl (C=O) groups is 2. The van der Waals surface area contributed by atoms with Crippen molar-refractivity contribution < 1.29 is 24.5 Å². The van der Waals surface area contributed by atoms with E-state index in [9.17, 15) is 14.7 Å². The van der Waals surface area contributed by atoms with Gasteiger partial charge in [-0.25, -0.2) is 4.79 Å². The fourth-order valence-electron chi connectivity index (χ4n) is 2.14. The lowest BCUT2D eigenvalue weighted by Gasteiger charge is -2.35. The molecule has 0 radical (unpaired) electrons. The molecule has 120 valence electrons. The second-order valence-electron chi connectivity index (χ2n) is 5.08. The van der Waals surface area contributed by atoms with E-state index in [1.807, 2.05) is 0 Å². The van der Waals surface area contributed by atoms with Crippen LogP contribution in [0.2, 0.25) is 10.0 Å². The zero-order chi connectivity index (χ0) is 16.3. The van der Waals surface area contributed by atoms with Crippen molar-refractivity contribution in [3.63, 3.8) is 0 Å². The van der Waals surface area contributed by atoms with E-state index >= 15 is 0 Å². The Kier molecular flexibility index (Phi) is 5.16. The number of ether oxygens (including phenoxy) is 1. The van der Waals surface area contributed by atoms with Crippen LogP contribution in [-0.4, -0.2) is 52.3 Å². The normalized spacial score (nSPS) is 17.1. The zero-order valence-corrected chi connectivity index (χ0v) is 13.1. The first-order chi connectivity index (χ1) is 10.3. The lowest BCUT2D eigenvalue weighted by atomic mass is 9.92. The third-order valence-corrected chi connectivity index (χ3v) is 4.33. The van der Waals surface area contributed by atoms with Crippen molar-refractivity contribution in [2.24, 2.45) is 0 Å². The van der Waals surface area contributed by atoms with Gasteiger partial charge in [0.1, 0.15) is 5.75 Å². The van der Waals surface area contributed by atoms with E-state index in [1.54, 1.807) is 12.1 Å². The van der Waals surface area contributed by atoms with E-state index in [-0.39, 0.29) is 38.4 Å². The largest absolute Gasteiger partial charge is 0.484 e. The zero-order valence-electron chi connectivity index (χ0n) is 11.6. The van der Waals surface area contributed by atoms with Gasteiger partial charge >= 0.3 is 5.97 Å². The summed E-state index contributed by atoms with van der Waals surface area (Å²) < 4.78 is 5.34. The molecule has 0 spiro atoms. The first-order valence-electron chi connectivity index (χ1n) is 6.63. The summed E-state index contributed by atoms with van der Waals surface area (Å²) in [5, 5.41) is 19.5. The van der Waals surface area contributed by atoms with Gasteiger partial charge in [-0.1, -0.05) is 23.2 Å². The van der Waals surface area contributed by atoms with Gasteiger partial charge in [0.05, 0.1) is 10.0 Å². The van der Waals surface area contributed by atoms with Gasteiger partial charge in [-0.05, 0) is 12.1 Å². The molecule has 1 aliphatic rings. The first kappa shape index (κ1) is 16.9. The number of aliphatic hydroxyl groups is 1. The molecule has 1 heterocycles. The maximum absolute atomic E-state index is 12.0. The van der Waals surface area contributed by atoms with E-state index in [4.69, 9.17) is 33.0 Å². The van der Waals surface area contributed by atoms with Gasteiger partial charge in [0.15, 0.2) is 12.2 Å². The average molecular weight is 348 g/mol. The maximum atomic E-state index is 12.0. The molecule has 0 saturated carbocycles. The number of nitrogens with zero attached hydrogens (tertiary/aromatic N) is 1. The van der Waals surface area contributed by atoms with Crippen molar-refractivity contribution in [1.29, 1.82) is 0 Å². The third kappa shape index (κ3) is 3.82. The minimum Gasteiger partial charge on any atom is -0.484 e. The molecule has 0 aliphatic carbocycles. The number of piperidine rings is 1. The Hall–Kier alpha value is -1.50. The van der Waals surface area contributed by atoms with Gasteiger partial charge in [-0.15, -0.1) is 0 Å². The van der Waals surface area contributed by atoms with Crippen molar-refractivity contribution in [2.45, 2.75) is 18.4 Å². The highest BCUT2D eigenvalue weighted by atomic mass is 35.5. The molecule has 0 atom stereocenters. The van der Waals surface area contributed by atoms with E-state index in [0.717, 1.165) is 0 Å². The fourth-order valence-corrected chi connectivity index (χ4v) is 2.43. The van der Waals surface area contributed by atoms with Crippen LogP contribution in [-0.2, 0) is 9.59 Å². The third-order valence-electron chi connectivity index (χ3n) is 3.59. The molecular formula is C14H15Cl2NO5. The molecule has 1 aliphatic heterocycles. The number of halogens is 2. The molecule has 1 aromatic carbocycles. The number of likely N-dealkylation sites (tertiary alicyclic amines) is 1. The number of aliphatic carboxylic acids is 1. The van der Waals surface area contributed by atoms with Crippen molar-refractivity contribution in [2.75, 3.05) is 19.7 Å². The molecule has 2 N–H and O–H groups in total. The lowest BCUT2D eigenvalue weighted by molar-refractivity contribution is -0.165. The Morgan fingerprint density at radius 3 is 2.41 bits per heavy atom. The summed E-state index contributed by atoms with van der Waals surface area (Å²) in [6.45, 7) is 0.155. The summed E-state index contributed by atoms with van der Waals surface area (Å²) in [6.07, 6.45) is 0.00168. The highest BCUT2D eigenvalue weighted by Gasteiger charge is 2.40. The number of amides is 1. The fraction of sp³-hybridized carbons (Fsp3) is 0.429. The van der Waals surface area contributed by atoms with Crippen LogP contribution >= 0.6 is 23.2 Å². The summed E-state index contributed by atoms with van der Waals surface area (Å²) in [5.74, 6) is -1.12. The van der Waals surface area contributed by atoms with Crippen molar-refractivity contribution >= 4 is 35.1 Å². The van der Waals surface area contributed by atoms with Crippen LogP contribution in [0.5, 0.6) is 5.75 Å². The number of benzene rings is 1. The summed E-state index contributed by atoms with van der Waals surface area (Å²) in [7, 11) is 0. The Balaban J connectivity index is 1.86. The van der Waals surface area contributed by atoms with Crippen molar-refractivity contribution in [1.82, 2.24) is 4.90 Å². The quantitative estimate of drug-likeness (QED) is 0.867. The summed E-state index contributed by atoms with van der Waals surface area (Å²) >= 11 is 11.6. The summed E-state index contributed by atoms with van der Waals surface area (Å²) in [4.78, 5) is 24.4. The second-order valence-corrected chi connectivity index (χ2v) is 5.90. The molecule has 1 amide bonds. The van der Waals surface area contributed by atoms with Gasteiger partial charge in [0.2, 0.25) is 0 Å². The highest BCUT2D eigenvalue weighted by molar-refractivity contribution is 6.42. The topological polar surface area (TPSA) is 87.1 Å². The first-order valence-corrected chi connectivity index (χ1v) is 7.39. The maximum Gasteiger partial charge on any atom is 0.335 e. The number of carbonyl (C=O) groups excluding carboxylic acids is 1. The molecule has 22 heavy (non-hydrogen) atoms. The number of hydrogen-bond acceptors (Lipinski definition) is 4. The molecule has 0 aromatic heterocycles. The molecule has 0 unspecified atom stereocenters. The highest BCUT2D eigenvalue weighted by Crippen LogP contribution is 2.26. The second kappa shape index (κ2) is 6.73. The van der Waals surface area contributed by atoms with Gasteiger partial charge < -0.3 is 19.8 Å². The molecule has 1 fully saturated rings. The minimum absolute atomic E-state index is 0.000840. The molecule has 2 rings (SSSR count). The number of hydrogen-bond donors (Lipinski definition) is 2. The van der Waals surface area contributed by atoms with E-state index in [0.29, 0.717) is 15.8 Å². The van der Waals surface area contributed by atoms with Crippen LogP contribution in [0.1, 0.15) is 12.8 Å². The molecule has 1 aromatic rings. The molecule has 1 saturated heterocycles. The summed E-state index contributed by atoms with van der Waals surface area (Å²) in [6, 6.07) is 4.68. The van der Waals surface area contributed by atoms with Crippen molar-refractivity contribution in [3.8, 4) is 5.75 Å². The number of carboxylic acid groups (broad SMARTS) is 1. The Morgan fingerprint density at radius 1 is 1.23 bits per heavy atom. The monoisotopic (exact) mass is 347 g/mol. The molecule has 0 bridgehead atoms. The predicted octanol–water partition coefficient (Wildman–Crippen LogP) is 1.81. The van der Waals surface area contributed by atoms with Crippen LogP contribution in [0.4, 0.5) is 0 Å². The van der Waals surface area contributed by atoms with E-state index < -0.39 is 11.6 Å². The van der Waals surface area contributed by atoms with E-state index in [2.05, 4.69) is 0 Å².